The largest absolute Gasteiger partial charge is 0.488 e. The summed E-state index contributed by atoms with van der Waals surface area (Å²) in [5, 5.41) is 3.63. The minimum absolute atomic E-state index is 0.154. The fraction of sp³-hybridized carbons (Fsp3) is 0.250. The number of ether oxygens (including phenoxy) is 1. The van der Waals surface area contributed by atoms with Gasteiger partial charge < -0.3 is 10.1 Å². The first-order valence-corrected chi connectivity index (χ1v) is 7.83. The third-order valence-electron chi connectivity index (χ3n) is 3.73. The Morgan fingerprint density at radius 3 is 2.86 bits per heavy atom. The molecular weight excluding hydrogens is 357 g/mol. The molecule has 21 heavy (non-hydrogen) atoms. The molecule has 0 radical (unpaired) electrons. The van der Waals surface area contributed by atoms with Crippen molar-refractivity contribution in [1.29, 1.82) is 0 Å². The summed E-state index contributed by atoms with van der Waals surface area (Å²) in [4.78, 5) is 0. The molecule has 2 aromatic rings. The van der Waals surface area contributed by atoms with E-state index in [2.05, 4.69) is 21.2 Å². The average molecular weight is 371 g/mol. The average Bonchev–Trinajstić information content (AvgIpc) is 2.88. The van der Waals surface area contributed by atoms with Gasteiger partial charge in [-0.05, 0) is 46.7 Å². The molecule has 1 aliphatic heterocycles. The highest BCUT2D eigenvalue weighted by molar-refractivity contribution is 9.10. The molecular formula is C16H14BrClFNO. The Morgan fingerprint density at radius 2 is 2.14 bits per heavy atom. The van der Waals surface area contributed by atoms with Crippen LogP contribution in [0.1, 0.15) is 17.2 Å². The molecule has 0 aromatic heterocycles. The molecule has 0 amide bonds. The maximum Gasteiger partial charge on any atom is 0.129 e. The van der Waals surface area contributed by atoms with Crippen molar-refractivity contribution in [2.24, 2.45) is 0 Å². The van der Waals surface area contributed by atoms with E-state index in [1.54, 1.807) is 13.1 Å². The second-order valence-electron chi connectivity index (χ2n) is 5.02. The summed E-state index contributed by atoms with van der Waals surface area (Å²) in [5.41, 5.74) is 1.66. The molecule has 2 unspecified atom stereocenters. The van der Waals surface area contributed by atoms with Crippen LogP contribution in [0.4, 0.5) is 4.39 Å². The lowest BCUT2D eigenvalue weighted by Gasteiger charge is -2.24. The van der Waals surface area contributed by atoms with Crippen LogP contribution in [0.3, 0.4) is 0 Å². The Hall–Kier alpha value is -1.10. The SMILES string of the molecule is CNC(c1cc(Cl)c(Br)cc1F)C1Cc2ccccc2O1. The number of likely N-dealkylation sites (N-methyl/N-ethyl adjacent to an activating group) is 1. The second kappa shape index (κ2) is 5.95. The van der Waals surface area contributed by atoms with Gasteiger partial charge in [0, 0.05) is 16.5 Å². The van der Waals surface area contributed by atoms with Gasteiger partial charge in [-0.2, -0.15) is 0 Å². The topological polar surface area (TPSA) is 21.3 Å². The Bertz CT molecular complexity index is 654. The lowest BCUT2D eigenvalue weighted by molar-refractivity contribution is 0.181. The Labute approximate surface area is 136 Å². The van der Waals surface area contributed by atoms with E-state index in [1.807, 2.05) is 24.3 Å². The molecule has 1 heterocycles. The molecule has 2 aromatic carbocycles. The van der Waals surface area contributed by atoms with Crippen molar-refractivity contribution >= 4 is 27.5 Å². The van der Waals surface area contributed by atoms with E-state index in [0.717, 1.165) is 17.7 Å². The number of rotatable bonds is 3. The maximum atomic E-state index is 14.3. The van der Waals surface area contributed by atoms with Crippen molar-refractivity contribution < 1.29 is 9.13 Å². The molecule has 0 saturated heterocycles. The molecule has 0 bridgehead atoms. The molecule has 2 nitrogen and oxygen atoms in total. The number of hydrogen-bond acceptors (Lipinski definition) is 2. The van der Waals surface area contributed by atoms with Gasteiger partial charge in [0.25, 0.3) is 0 Å². The number of fused-ring (bicyclic) bond motifs is 1. The zero-order chi connectivity index (χ0) is 15.0. The highest BCUT2D eigenvalue weighted by Gasteiger charge is 2.32. The van der Waals surface area contributed by atoms with Gasteiger partial charge in [0.1, 0.15) is 17.7 Å². The van der Waals surface area contributed by atoms with E-state index in [1.165, 1.54) is 6.07 Å². The van der Waals surface area contributed by atoms with Gasteiger partial charge in [0.2, 0.25) is 0 Å². The van der Waals surface area contributed by atoms with Crippen molar-refractivity contribution in [3.05, 3.63) is 62.8 Å². The minimum atomic E-state index is -0.301. The number of nitrogens with one attached hydrogen (secondary N) is 1. The van der Waals surface area contributed by atoms with Gasteiger partial charge in [-0.25, -0.2) is 4.39 Å². The summed E-state index contributed by atoms with van der Waals surface area (Å²) in [5.74, 6) is 0.566. The number of para-hydroxylation sites is 1. The van der Waals surface area contributed by atoms with Crippen LogP contribution < -0.4 is 10.1 Å². The third-order valence-corrected chi connectivity index (χ3v) is 4.93. The Morgan fingerprint density at radius 1 is 1.38 bits per heavy atom. The molecule has 0 saturated carbocycles. The van der Waals surface area contributed by atoms with E-state index in [4.69, 9.17) is 16.3 Å². The van der Waals surface area contributed by atoms with Gasteiger partial charge in [-0.3, -0.25) is 0 Å². The summed E-state index contributed by atoms with van der Waals surface area (Å²) >= 11 is 9.33. The van der Waals surface area contributed by atoms with Crippen LogP contribution >= 0.6 is 27.5 Å². The van der Waals surface area contributed by atoms with Gasteiger partial charge in [0.05, 0.1) is 11.1 Å². The van der Waals surface area contributed by atoms with Crippen molar-refractivity contribution in [2.75, 3.05) is 7.05 Å². The summed E-state index contributed by atoms with van der Waals surface area (Å²) in [6, 6.07) is 10.7. The smallest absolute Gasteiger partial charge is 0.129 e. The Kier molecular flexibility index (Phi) is 4.20. The quantitative estimate of drug-likeness (QED) is 0.803. The molecule has 110 valence electrons. The predicted octanol–water partition coefficient (Wildman–Crippen LogP) is 4.51. The molecule has 0 aliphatic carbocycles. The van der Waals surface area contributed by atoms with Crippen molar-refractivity contribution in [2.45, 2.75) is 18.6 Å². The van der Waals surface area contributed by atoms with Crippen molar-refractivity contribution in [3.8, 4) is 5.75 Å². The number of benzene rings is 2. The van der Waals surface area contributed by atoms with E-state index in [-0.39, 0.29) is 18.0 Å². The molecule has 0 fully saturated rings. The molecule has 2 atom stereocenters. The van der Waals surface area contributed by atoms with E-state index in [9.17, 15) is 4.39 Å². The normalized spacial score (nSPS) is 18.2. The summed E-state index contributed by atoms with van der Waals surface area (Å²) in [6.45, 7) is 0. The van der Waals surface area contributed by atoms with Crippen LogP contribution in [0, 0.1) is 5.82 Å². The summed E-state index contributed by atoms with van der Waals surface area (Å²) in [7, 11) is 1.80. The second-order valence-corrected chi connectivity index (χ2v) is 6.28. The fourth-order valence-corrected chi connectivity index (χ4v) is 3.20. The number of halogens is 3. The molecule has 0 spiro atoms. The zero-order valence-corrected chi connectivity index (χ0v) is 13.7. The van der Waals surface area contributed by atoms with Gasteiger partial charge in [-0.15, -0.1) is 0 Å². The molecule has 3 rings (SSSR count). The lowest BCUT2D eigenvalue weighted by atomic mass is 9.97. The first kappa shape index (κ1) is 14.8. The van der Waals surface area contributed by atoms with Crippen LogP contribution in [0.15, 0.2) is 40.9 Å². The monoisotopic (exact) mass is 369 g/mol. The Balaban J connectivity index is 1.92. The van der Waals surface area contributed by atoms with Gasteiger partial charge in [0.15, 0.2) is 0 Å². The van der Waals surface area contributed by atoms with E-state index < -0.39 is 0 Å². The predicted molar refractivity (Wildman–Crippen MR) is 85.5 cm³/mol. The van der Waals surface area contributed by atoms with Crippen LogP contribution in [-0.4, -0.2) is 13.2 Å². The summed E-state index contributed by atoms with van der Waals surface area (Å²) < 4.78 is 20.8. The van der Waals surface area contributed by atoms with Gasteiger partial charge >= 0.3 is 0 Å². The maximum absolute atomic E-state index is 14.3. The zero-order valence-electron chi connectivity index (χ0n) is 11.4. The molecule has 1 N–H and O–H groups in total. The lowest BCUT2D eigenvalue weighted by Crippen LogP contribution is -2.33. The third kappa shape index (κ3) is 2.80. The summed E-state index contributed by atoms with van der Waals surface area (Å²) in [6.07, 6.45) is 0.591. The minimum Gasteiger partial charge on any atom is -0.488 e. The van der Waals surface area contributed by atoms with E-state index in [0.29, 0.717) is 15.1 Å². The highest BCUT2D eigenvalue weighted by Crippen LogP contribution is 2.36. The standard InChI is InChI=1S/C16H14BrClFNO/c1-20-16(10-7-12(18)11(17)8-13(10)19)15-6-9-4-2-3-5-14(9)21-15/h2-5,7-8,15-16,20H,6H2,1H3. The fourth-order valence-electron chi connectivity index (χ4n) is 2.71. The first-order valence-electron chi connectivity index (χ1n) is 6.66. The van der Waals surface area contributed by atoms with E-state index >= 15 is 0 Å². The highest BCUT2D eigenvalue weighted by atomic mass is 79.9. The number of hydrogen-bond donors (Lipinski definition) is 1. The molecule has 5 heteroatoms. The van der Waals surface area contributed by atoms with Crippen LogP contribution in [0.5, 0.6) is 5.75 Å². The van der Waals surface area contributed by atoms with Crippen molar-refractivity contribution in [3.63, 3.8) is 0 Å². The van der Waals surface area contributed by atoms with Crippen LogP contribution in [-0.2, 0) is 6.42 Å². The van der Waals surface area contributed by atoms with Crippen molar-refractivity contribution in [1.82, 2.24) is 5.32 Å². The van der Waals surface area contributed by atoms with Crippen LogP contribution in [0.25, 0.3) is 0 Å². The first-order chi connectivity index (χ1) is 10.1. The van der Waals surface area contributed by atoms with Crippen LogP contribution in [0.2, 0.25) is 5.02 Å². The molecule has 1 aliphatic rings. The van der Waals surface area contributed by atoms with Gasteiger partial charge in [-0.1, -0.05) is 29.8 Å².